The van der Waals surface area contributed by atoms with E-state index in [1.54, 1.807) is 0 Å². The Balaban J connectivity index is 2.10. The maximum atomic E-state index is 9.12. The van der Waals surface area contributed by atoms with Gasteiger partial charge in [-0.25, -0.2) is 0 Å². The van der Waals surface area contributed by atoms with E-state index >= 15 is 0 Å². The van der Waals surface area contributed by atoms with Crippen molar-refractivity contribution < 1.29 is 9.84 Å². The third kappa shape index (κ3) is 3.25. The number of piperidine rings is 1. The number of nitrogens with zero attached hydrogens (tertiary/aromatic N) is 1. The van der Waals surface area contributed by atoms with Gasteiger partial charge in [-0.05, 0) is 53.4 Å². The van der Waals surface area contributed by atoms with Gasteiger partial charge in [-0.15, -0.1) is 0 Å². The molecule has 1 unspecified atom stereocenters. The van der Waals surface area contributed by atoms with Crippen LogP contribution in [0, 0.1) is 0 Å². The molecule has 1 N–H and O–H groups in total. The van der Waals surface area contributed by atoms with Crippen LogP contribution in [0.4, 0.5) is 5.69 Å². The Morgan fingerprint density at radius 2 is 2.33 bits per heavy atom. The van der Waals surface area contributed by atoms with E-state index < -0.39 is 0 Å². The van der Waals surface area contributed by atoms with Crippen LogP contribution in [0.3, 0.4) is 0 Å². The van der Waals surface area contributed by atoms with Gasteiger partial charge in [-0.2, -0.15) is 0 Å². The van der Waals surface area contributed by atoms with E-state index in [1.807, 2.05) is 19.1 Å². The Kier molecular flexibility index (Phi) is 5.03. The number of rotatable bonds is 4. The van der Waals surface area contributed by atoms with Crippen LogP contribution in [0.15, 0.2) is 22.7 Å². The summed E-state index contributed by atoms with van der Waals surface area (Å²) in [6.07, 6.45) is 2.66. The van der Waals surface area contributed by atoms with Crippen molar-refractivity contribution >= 4 is 21.6 Å². The lowest BCUT2D eigenvalue weighted by Crippen LogP contribution is -2.39. The molecule has 1 aliphatic rings. The number of hydrogen-bond donors (Lipinski definition) is 1. The van der Waals surface area contributed by atoms with E-state index in [0.717, 1.165) is 36.2 Å². The fourth-order valence-electron chi connectivity index (χ4n) is 2.43. The van der Waals surface area contributed by atoms with Crippen molar-refractivity contribution in [3.8, 4) is 0 Å². The lowest BCUT2D eigenvalue weighted by atomic mass is 10.1. The van der Waals surface area contributed by atoms with Crippen molar-refractivity contribution in [2.45, 2.75) is 32.5 Å². The van der Waals surface area contributed by atoms with Crippen molar-refractivity contribution in [3.63, 3.8) is 0 Å². The topological polar surface area (TPSA) is 32.7 Å². The third-order valence-electron chi connectivity index (χ3n) is 3.32. The summed E-state index contributed by atoms with van der Waals surface area (Å²) in [6.45, 7) is 4.93. The van der Waals surface area contributed by atoms with Gasteiger partial charge in [-0.1, -0.05) is 6.07 Å². The SMILES string of the molecule is CCOC1CCCN(c2ccc(CO)cc2Br)C1. The first kappa shape index (κ1) is 13.8. The van der Waals surface area contributed by atoms with E-state index in [4.69, 9.17) is 9.84 Å². The van der Waals surface area contributed by atoms with Crippen LogP contribution < -0.4 is 4.90 Å². The van der Waals surface area contributed by atoms with Crippen LogP contribution in [0.5, 0.6) is 0 Å². The molecule has 1 saturated heterocycles. The van der Waals surface area contributed by atoms with Crippen LogP contribution in [0.2, 0.25) is 0 Å². The van der Waals surface area contributed by atoms with E-state index in [-0.39, 0.29) is 6.61 Å². The largest absolute Gasteiger partial charge is 0.392 e. The first-order chi connectivity index (χ1) is 8.74. The van der Waals surface area contributed by atoms with Crippen LogP contribution in [0.25, 0.3) is 0 Å². The van der Waals surface area contributed by atoms with Crippen molar-refractivity contribution in [2.24, 2.45) is 0 Å². The molecule has 0 radical (unpaired) electrons. The molecule has 0 amide bonds. The zero-order chi connectivity index (χ0) is 13.0. The van der Waals surface area contributed by atoms with Gasteiger partial charge in [0.15, 0.2) is 0 Å². The smallest absolute Gasteiger partial charge is 0.0750 e. The van der Waals surface area contributed by atoms with Crippen LogP contribution in [0.1, 0.15) is 25.3 Å². The Labute approximate surface area is 117 Å². The lowest BCUT2D eigenvalue weighted by Gasteiger charge is -2.34. The average Bonchev–Trinajstić information content (AvgIpc) is 2.39. The van der Waals surface area contributed by atoms with Gasteiger partial charge in [0.25, 0.3) is 0 Å². The van der Waals surface area contributed by atoms with Gasteiger partial charge in [-0.3, -0.25) is 0 Å². The van der Waals surface area contributed by atoms with E-state index in [2.05, 4.69) is 26.9 Å². The van der Waals surface area contributed by atoms with Gasteiger partial charge in [0.2, 0.25) is 0 Å². The summed E-state index contributed by atoms with van der Waals surface area (Å²) in [6, 6.07) is 6.04. The predicted octanol–water partition coefficient (Wildman–Crippen LogP) is 2.95. The molecule has 0 aromatic heterocycles. The fourth-order valence-corrected chi connectivity index (χ4v) is 3.11. The standard InChI is InChI=1S/C14H20BrNO2/c1-2-18-12-4-3-7-16(9-12)14-6-5-11(10-17)8-13(14)15/h5-6,8,12,17H,2-4,7,9-10H2,1H3. The summed E-state index contributed by atoms with van der Waals surface area (Å²) >= 11 is 3.59. The summed E-state index contributed by atoms with van der Waals surface area (Å²) in [5, 5.41) is 9.12. The maximum Gasteiger partial charge on any atom is 0.0750 e. The molecular formula is C14H20BrNO2. The Hall–Kier alpha value is -0.580. The minimum atomic E-state index is 0.0838. The molecule has 0 bridgehead atoms. The molecule has 0 saturated carbocycles. The molecular weight excluding hydrogens is 294 g/mol. The van der Waals surface area contributed by atoms with Gasteiger partial charge in [0.05, 0.1) is 18.4 Å². The second kappa shape index (κ2) is 6.55. The van der Waals surface area contributed by atoms with Crippen molar-refractivity contribution in [2.75, 3.05) is 24.6 Å². The van der Waals surface area contributed by atoms with Crippen molar-refractivity contribution in [1.82, 2.24) is 0 Å². The number of ether oxygens (including phenoxy) is 1. The molecule has 1 atom stereocenters. The summed E-state index contributed by atoms with van der Waals surface area (Å²) in [4.78, 5) is 2.36. The number of benzene rings is 1. The highest BCUT2D eigenvalue weighted by Gasteiger charge is 2.21. The Morgan fingerprint density at radius 1 is 1.50 bits per heavy atom. The summed E-state index contributed by atoms with van der Waals surface area (Å²) in [5.41, 5.74) is 2.13. The Morgan fingerprint density at radius 3 is 3.00 bits per heavy atom. The van der Waals surface area contributed by atoms with Gasteiger partial charge in [0, 0.05) is 24.2 Å². The maximum absolute atomic E-state index is 9.12. The molecule has 1 aromatic rings. The number of anilines is 1. The lowest BCUT2D eigenvalue weighted by molar-refractivity contribution is 0.0526. The zero-order valence-corrected chi connectivity index (χ0v) is 12.3. The highest BCUT2D eigenvalue weighted by Crippen LogP contribution is 2.30. The monoisotopic (exact) mass is 313 g/mol. The summed E-state index contributed by atoms with van der Waals surface area (Å²) in [7, 11) is 0. The molecule has 4 heteroatoms. The molecule has 100 valence electrons. The predicted molar refractivity (Wildman–Crippen MR) is 76.9 cm³/mol. The molecule has 1 aromatic carbocycles. The van der Waals surface area contributed by atoms with Crippen molar-refractivity contribution in [3.05, 3.63) is 28.2 Å². The minimum Gasteiger partial charge on any atom is -0.392 e. The third-order valence-corrected chi connectivity index (χ3v) is 3.95. The van der Waals surface area contributed by atoms with Gasteiger partial charge >= 0.3 is 0 Å². The van der Waals surface area contributed by atoms with E-state index in [9.17, 15) is 0 Å². The highest BCUT2D eigenvalue weighted by molar-refractivity contribution is 9.10. The minimum absolute atomic E-state index is 0.0838. The number of hydrogen-bond acceptors (Lipinski definition) is 3. The average molecular weight is 314 g/mol. The highest BCUT2D eigenvalue weighted by atomic mass is 79.9. The normalized spacial score (nSPS) is 20.2. The van der Waals surface area contributed by atoms with Gasteiger partial charge < -0.3 is 14.7 Å². The van der Waals surface area contributed by atoms with Gasteiger partial charge in [0.1, 0.15) is 0 Å². The molecule has 0 aliphatic carbocycles. The number of halogens is 1. The fraction of sp³-hybridized carbons (Fsp3) is 0.571. The molecule has 18 heavy (non-hydrogen) atoms. The van der Waals surface area contributed by atoms with Crippen LogP contribution >= 0.6 is 15.9 Å². The van der Waals surface area contributed by atoms with Crippen LogP contribution in [-0.4, -0.2) is 30.9 Å². The quantitative estimate of drug-likeness (QED) is 0.927. The number of aliphatic hydroxyl groups is 1. The molecule has 2 rings (SSSR count). The molecule has 1 aliphatic heterocycles. The summed E-state index contributed by atoms with van der Waals surface area (Å²) < 4.78 is 6.77. The Bertz CT molecular complexity index is 395. The van der Waals surface area contributed by atoms with Crippen molar-refractivity contribution in [1.29, 1.82) is 0 Å². The molecule has 3 nitrogen and oxygen atoms in total. The number of aliphatic hydroxyl groups excluding tert-OH is 1. The van der Waals surface area contributed by atoms with Crippen LogP contribution in [-0.2, 0) is 11.3 Å². The van der Waals surface area contributed by atoms with E-state index in [1.165, 1.54) is 12.1 Å². The second-order valence-electron chi connectivity index (χ2n) is 4.61. The molecule has 1 heterocycles. The first-order valence-corrected chi connectivity index (χ1v) is 7.29. The summed E-state index contributed by atoms with van der Waals surface area (Å²) in [5.74, 6) is 0. The molecule has 0 spiro atoms. The first-order valence-electron chi connectivity index (χ1n) is 6.50. The molecule has 1 fully saturated rings. The second-order valence-corrected chi connectivity index (χ2v) is 5.46. The zero-order valence-electron chi connectivity index (χ0n) is 10.7. The van der Waals surface area contributed by atoms with E-state index in [0.29, 0.717) is 6.10 Å².